The molecule has 1 saturated heterocycles. The van der Waals surface area contributed by atoms with Crippen LogP contribution in [0.3, 0.4) is 0 Å². The Hall–Kier alpha value is -0.760. The SMILES string of the molecule is CC(C)C1=NOC2(CCCN([S+](=O)([O-])c3cccs3)C2)C1. The molecule has 3 heterocycles. The summed E-state index contributed by atoms with van der Waals surface area (Å²) in [5.74, 6) is 0.341. The van der Waals surface area contributed by atoms with Gasteiger partial charge in [0.25, 0.3) is 0 Å². The normalized spacial score (nSPS) is 29.4. The number of rotatable bonds is 3. The van der Waals surface area contributed by atoms with Gasteiger partial charge < -0.3 is 9.39 Å². The molecule has 2 unspecified atom stereocenters. The van der Waals surface area contributed by atoms with Crippen LogP contribution >= 0.6 is 11.3 Å². The van der Waals surface area contributed by atoms with Crippen molar-refractivity contribution >= 4 is 27.4 Å². The van der Waals surface area contributed by atoms with Crippen molar-refractivity contribution in [3.05, 3.63) is 17.5 Å². The maximum atomic E-state index is 12.6. The maximum Gasteiger partial charge on any atom is 0.229 e. The lowest BCUT2D eigenvalue weighted by molar-refractivity contribution is -0.0533. The van der Waals surface area contributed by atoms with Gasteiger partial charge in [-0.3, -0.25) is 0 Å². The standard InChI is InChI=1S/C14H20N2O3S2/c1-11(2)12-9-14(19-15-12)6-4-7-16(10-14)21(17,18)13-5-3-8-20-13/h3,5,8,11H,4,6-7,9-10H2,1-2H3. The summed E-state index contributed by atoms with van der Waals surface area (Å²) < 4.78 is 27.3. The molecule has 21 heavy (non-hydrogen) atoms. The third-order valence-electron chi connectivity index (χ3n) is 4.12. The topological polar surface area (TPSA) is 65.0 Å². The molecule has 0 N–H and O–H groups in total. The fraction of sp³-hybridized carbons (Fsp3) is 0.643. The highest BCUT2D eigenvalue weighted by molar-refractivity contribution is 7.97. The molecular weight excluding hydrogens is 308 g/mol. The van der Waals surface area contributed by atoms with E-state index in [1.165, 1.54) is 11.3 Å². The molecule has 0 radical (unpaired) electrons. The number of nitrogens with zero attached hydrogens (tertiary/aromatic N) is 2. The average molecular weight is 328 g/mol. The Morgan fingerprint density at radius 1 is 1.57 bits per heavy atom. The summed E-state index contributed by atoms with van der Waals surface area (Å²) in [6.45, 7) is 5.13. The molecule has 0 bridgehead atoms. The Kier molecular flexibility index (Phi) is 3.94. The van der Waals surface area contributed by atoms with Crippen molar-refractivity contribution < 1.29 is 13.6 Å². The summed E-state index contributed by atoms with van der Waals surface area (Å²) in [6.07, 6.45) is 2.41. The number of oxime groups is 1. The van der Waals surface area contributed by atoms with Crippen LogP contribution in [-0.2, 0) is 19.4 Å². The van der Waals surface area contributed by atoms with Gasteiger partial charge in [0.15, 0.2) is 16.0 Å². The highest BCUT2D eigenvalue weighted by Gasteiger charge is 2.48. The predicted octanol–water partition coefficient (Wildman–Crippen LogP) is 2.92. The van der Waals surface area contributed by atoms with E-state index in [4.69, 9.17) is 4.84 Å². The molecule has 1 spiro atoms. The number of hydrogen-bond donors (Lipinski definition) is 0. The molecule has 2 aliphatic rings. The van der Waals surface area contributed by atoms with Crippen LogP contribution in [-0.4, -0.2) is 33.3 Å². The second-order valence-corrected chi connectivity index (χ2v) is 9.18. The van der Waals surface area contributed by atoms with Gasteiger partial charge >= 0.3 is 0 Å². The van der Waals surface area contributed by atoms with Crippen LogP contribution in [0, 0.1) is 5.92 Å². The van der Waals surface area contributed by atoms with E-state index < -0.39 is 16.0 Å². The first-order valence-electron chi connectivity index (χ1n) is 7.22. The summed E-state index contributed by atoms with van der Waals surface area (Å²) in [7, 11) is -3.40. The Bertz CT molecular complexity index is 585. The zero-order valence-corrected chi connectivity index (χ0v) is 13.9. The number of thiophene rings is 1. The van der Waals surface area contributed by atoms with Crippen LogP contribution in [0.25, 0.3) is 0 Å². The van der Waals surface area contributed by atoms with Crippen molar-refractivity contribution in [1.29, 1.82) is 0 Å². The van der Waals surface area contributed by atoms with Crippen molar-refractivity contribution in [2.45, 2.75) is 42.9 Å². The first-order valence-corrected chi connectivity index (χ1v) is 9.54. The first kappa shape index (κ1) is 15.1. The van der Waals surface area contributed by atoms with Crippen molar-refractivity contribution in [2.75, 3.05) is 13.1 Å². The second-order valence-electron chi connectivity index (χ2n) is 6.06. The van der Waals surface area contributed by atoms with Gasteiger partial charge in [0.1, 0.15) is 0 Å². The minimum absolute atomic E-state index is 0.341. The van der Waals surface area contributed by atoms with E-state index in [2.05, 4.69) is 19.0 Å². The smallest absolute Gasteiger partial charge is 0.229 e. The van der Waals surface area contributed by atoms with Crippen LogP contribution in [0.1, 0.15) is 33.1 Å². The molecule has 0 saturated carbocycles. The second kappa shape index (κ2) is 5.46. The molecule has 0 aliphatic carbocycles. The van der Waals surface area contributed by atoms with Gasteiger partial charge in [0.05, 0.1) is 12.3 Å². The van der Waals surface area contributed by atoms with E-state index in [1.807, 2.05) is 0 Å². The number of piperidine rings is 1. The van der Waals surface area contributed by atoms with Gasteiger partial charge in [-0.2, -0.15) is 0 Å². The number of hydrogen-bond acceptors (Lipinski definition) is 5. The molecular formula is C14H20N2O3S2. The van der Waals surface area contributed by atoms with E-state index in [-0.39, 0.29) is 0 Å². The Balaban J connectivity index is 1.77. The lowest BCUT2D eigenvalue weighted by Gasteiger charge is -2.38. The zero-order valence-electron chi connectivity index (χ0n) is 12.3. The first-order chi connectivity index (χ1) is 9.93. The quantitative estimate of drug-likeness (QED) is 0.801. The van der Waals surface area contributed by atoms with Gasteiger partial charge in [-0.15, -0.1) is 4.31 Å². The minimum atomic E-state index is -3.40. The third kappa shape index (κ3) is 2.79. The number of sulfonamides is 1. The van der Waals surface area contributed by atoms with Crippen molar-refractivity contribution in [2.24, 2.45) is 11.1 Å². The van der Waals surface area contributed by atoms with Gasteiger partial charge in [0.2, 0.25) is 4.21 Å². The minimum Gasteiger partial charge on any atom is -0.592 e. The molecule has 5 nitrogen and oxygen atoms in total. The molecule has 2 aliphatic heterocycles. The van der Waals surface area contributed by atoms with Crippen LogP contribution in [0.4, 0.5) is 0 Å². The summed E-state index contributed by atoms with van der Waals surface area (Å²) in [6, 6.07) is 3.43. The molecule has 0 aromatic carbocycles. The fourth-order valence-corrected chi connectivity index (χ4v) is 5.58. The zero-order chi connectivity index (χ0) is 15.1. The van der Waals surface area contributed by atoms with Crippen molar-refractivity contribution in [1.82, 2.24) is 4.31 Å². The largest absolute Gasteiger partial charge is 0.592 e. The Morgan fingerprint density at radius 2 is 2.38 bits per heavy atom. The fourth-order valence-electron chi connectivity index (χ4n) is 2.88. The van der Waals surface area contributed by atoms with Crippen LogP contribution in [0.2, 0.25) is 0 Å². The Morgan fingerprint density at radius 3 is 3.00 bits per heavy atom. The molecule has 2 atom stereocenters. The highest BCUT2D eigenvalue weighted by Crippen LogP contribution is 2.38. The van der Waals surface area contributed by atoms with E-state index in [0.717, 1.165) is 25.0 Å². The van der Waals surface area contributed by atoms with E-state index in [0.29, 0.717) is 23.2 Å². The van der Waals surface area contributed by atoms with E-state index in [1.54, 1.807) is 21.8 Å². The van der Waals surface area contributed by atoms with Crippen LogP contribution in [0.5, 0.6) is 0 Å². The lowest BCUT2D eigenvalue weighted by atomic mass is 9.87. The summed E-state index contributed by atoms with van der Waals surface area (Å²) in [5, 5.41) is 5.98. The maximum absolute atomic E-state index is 12.6. The predicted molar refractivity (Wildman–Crippen MR) is 82.9 cm³/mol. The van der Waals surface area contributed by atoms with Crippen molar-refractivity contribution in [3.63, 3.8) is 0 Å². The summed E-state index contributed by atoms with van der Waals surface area (Å²) in [5.41, 5.74) is 0.577. The molecule has 1 aromatic heterocycles. The summed E-state index contributed by atoms with van der Waals surface area (Å²) in [4.78, 5) is 5.68. The average Bonchev–Trinajstić information content (AvgIpc) is 3.09. The van der Waals surface area contributed by atoms with E-state index in [9.17, 15) is 8.76 Å². The molecule has 7 heteroatoms. The van der Waals surface area contributed by atoms with Crippen molar-refractivity contribution in [3.8, 4) is 0 Å². The molecule has 1 fully saturated rings. The van der Waals surface area contributed by atoms with Crippen LogP contribution < -0.4 is 0 Å². The third-order valence-corrected chi connectivity index (χ3v) is 7.34. The van der Waals surface area contributed by atoms with Gasteiger partial charge in [-0.25, -0.2) is 0 Å². The highest BCUT2D eigenvalue weighted by atomic mass is 32.3. The van der Waals surface area contributed by atoms with Gasteiger partial charge in [0, 0.05) is 19.0 Å². The van der Waals surface area contributed by atoms with Gasteiger partial charge in [-0.1, -0.05) is 34.5 Å². The Labute approximate surface area is 130 Å². The lowest BCUT2D eigenvalue weighted by Crippen LogP contribution is -2.52. The van der Waals surface area contributed by atoms with Crippen LogP contribution in [0.15, 0.2) is 26.9 Å². The monoisotopic (exact) mass is 328 g/mol. The molecule has 0 amide bonds. The molecule has 3 rings (SSSR count). The summed E-state index contributed by atoms with van der Waals surface area (Å²) >= 11 is 1.26. The van der Waals surface area contributed by atoms with E-state index >= 15 is 0 Å². The molecule has 116 valence electrons. The molecule has 1 aromatic rings. The van der Waals surface area contributed by atoms with Gasteiger partial charge in [-0.05, 0) is 30.2 Å².